The van der Waals surface area contributed by atoms with Gasteiger partial charge in [-0.15, -0.1) is 0 Å². The molecule has 0 spiro atoms. The van der Waals surface area contributed by atoms with Crippen molar-refractivity contribution in [3.8, 4) is 0 Å². The molecule has 1 fully saturated rings. The van der Waals surface area contributed by atoms with Crippen LogP contribution in [0.1, 0.15) is 32.1 Å². The molecule has 0 bridgehead atoms. The maximum atomic E-state index is 5.58. The van der Waals surface area contributed by atoms with E-state index in [2.05, 4.69) is 12.4 Å². The topological polar surface area (TPSA) is 30.5 Å². The third kappa shape index (κ3) is 4.96. The van der Waals surface area contributed by atoms with E-state index in [0.717, 1.165) is 38.2 Å². The predicted octanol–water partition coefficient (Wildman–Crippen LogP) is 1.82. The lowest BCUT2D eigenvalue weighted by Crippen LogP contribution is -2.29. The fraction of sp³-hybridized carbons (Fsp3) is 1.00. The van der Waals surface area contributed by atoms with Crippen LogP contribution in [0.25, 0.3) is 0 Å². The van der Waals surface area contributed by atoms with E-state index in [4.69, 9.17) is 9.47 Å². The summed E-state index contributed by atoms with van der Waals surface area (Å²) in [6, 6.07) is 0.729. The zero-order valence-corrected chi connectivity index (χ0v) is 10.1. The molecule has 0 aliphatic heterocycles. The van der Waals surface area contributed by atoms with Gasteiger partial charge in [-0.2, -0.15) is 0 Å². The van der Waals surface area contributed by atoms with Gasteiger partial charge in [0.1, 0.15) is 0 Å². The van der Waals surface area contributed by atoms with Gasteiger partial charge in [-0.3, -0.25) is 0 Å². The minimum absolute atomic E-state index is 0.729. The van der Waals surface area contributed by atoms with E-state index < -0.39 is 0 Å². The molecule has 1 N–H and O–H groups in total. The molecular formula is C12H25NO2. The van der Waals surface area contributed by atoms with Crippen LogP contribution in [0.3, 0.4) is 0 Å². The molecule has 0 aromatic heterocycles. The Balaban J connectivity index is 1.95. The van der Waals surface area contributed by atoms with Gasteiger partial charge >= 0.3 is 0 Å². The second-order valence-corrected chi connectivity index (χ2v) is 4.33. The molecule has 0 aromatic carbocycles. The molecule has 0 aromatic rings. The molecule has 0 radical (unpaired) electrons. The van der Waals surface area contributed by atoms with Crippen LogP contribution in [0.4, 0.5) is 0 Å². The molecule has 3 nitrogen and oxygen atoms in total. The van der Waals surface area contributed by atoms with E-state index >= 15 is 0 Å². The number of nitrogens with one attached hydrogen (secondary N) is 1. The summed E-state index contributed by atoms with van der Waals surface area (Å²) >= 11 is 0. The molecule has 1 aliphatic rings. The summed E-state index contributed by atoms with van der Waals surface area (Å²) in [5, 5.41) is 3.40. The molecule has 0 heterocycles. The largest absolute Gasteiger partial charge is 0.385 e. The van der Waals surface area contributed by atoms with Crippen LogP contribution in [0, 0.1) is 5.92 Å². The summed E-state index contributed by atoms with van der Waals surface area (Å²) in [5.41, 5.74) is 0. The van der Waals surface area contributed by atoms with Gasteiger partial charge < -0.3 is 14.8 Å². The van der Waals surface area contributed by atoms with E-state index in [0.29, 0.717) is 0 Å². The highest BCUT2D eigenvalue weighted by molar-refractivity contribution is 4.81. The molecule has 1 saturated carbocycles. The number of methoxy groups -OCH3 is 1. The van der Waals surface area contributed by atoms with Gasteiger partial charge in [-0.1, -0.05) is 6.42 Å². The summed E-state index contributed by atoms with van der Waals surface area (Å²) in [7, 11) is 3.80. The summed E-state index contributed by atoms with van der Waals surface area (Å²) in [6.07, 6.45) is 6.30. The highest BCUT2D eigenvalue weighted by atomic mass is 16.5. The molecule has 1 aliphatic carbocycles. The monoisotopic (exact) mass is 215 g/mol. The van der Waals surface area contributed by atoms with Crippen molar-refractivity contribution in [1.82, 2.24) is 5.32 Å². The van der Waals surface area contributed by atoms with Gasteiger partial charge in [0, 0.05) is 33.0 Å². The first-order valence-corrected chi connectivity index (χ1v) is 6.12. The summed E-state index contributed by atoms with van der Waals surface area (Å²) in [4.78, 5) is 0. The van der Waals surface area contributed by atoms with Crippen LogP contribution in [0.15, 0.2) is 0 Å². The number of hydrogen-bond donors (Lipinski definition) is 1. The minimum atomic E-state index is 0.729. The van der Waals surface area contributed by atoms with Crippen molar-refractivity contribution in [3.05, 3.63) is 0 Å². The molecule has 15 heavy (non-hydrogen) atoms. The van der Waals surface area contributed by atoms with Gasteiger partial charge in [-0.25, -0.2) is 0 Å². The first-order valence-electron chi connectivity index (χ1n) is 6.12. The van der Waals surface area contributed by atoms with Crippen molar-refractivity contribution < 1.29 is 9.47 Å². The van der Waals surface area contributed by atoms with E-state index in [9.17, 15) is 0 Å². The molecular weight excluding hydrogens is 190 g/mol. The Hall–Kier alpha value is -0.120. The molecule has 90 valence electrons. The van der Waals surface area contributed by atoms with Crippen LogP contribution in [-0.2, 0) is 9.47 Å². The summed E-state index contributed by atoms with van der Waals surface area (Å²) in [6.45, 7) is 2.56. The highest BCUT2D eigenvalue weighted by Gasteiger charge is 2.24. The van der Waals surface area contributed by atoms with Crippen LogP contribution in [0.2, 0.25) is 0 Å². The first kappa shape index (κ1) is 12.9. The quantitative estimate of drug-likeness (QED) is 0.626. The average Bonchev–Trinajstić information content (AvgIpc) is 2.70. The Morgan fingerprint density at radius 3 is 2.80 bits per heavy atom. The minimum Gasteiger partial charge on any atom is -0.385 e. The lowest BCUT2D eigenvalue weighted by atomic mass is 10.0. The van der Waals surface area contributed by atoms with Crippen LogP contribution >= 0.6 is 0 Å². The Morgan fingerprint density at radius 2 is 2.07 bits per heavy atom. The second-order valence-electron chi connectivity index (χ2n) is 4.33. The highest BCUT2D eigenvalue weighted by Crippen LogP contribution is 2.27. The Labute approximate surface area is 93.5 Å². The van der Waals surface area contributed by atoms with Crippen molar-refractivity contribution >= 4 is 0 Å². The van der Waals surface area contributed by atoms with E-state index in [-0.39, 0.29) is 0 Å². The van der Waals surface area contributed by atoms with Gasteiger partial charge in [0.15, 0.2) is 0 Å². The molecule has 2 unspecified atom stereocenters. The van der Waals surface area contributed by atoms with E-state index in [1.54, 1.807) is 7.11 Å². The van der Waals surface area contributed by atoms with Gasteiger partial charge in [0.25, 0.3) is 0 Å². The Bertz CT molecular complexity index is 153. The normalized spacial score (nSPS) is 26.0. The molecule has 3 heteroatoms. The molecule has 0 amide bonds. The van der Waals surface area contributed by atoms with E-state index in [1.807, 2.05) is 0 Å². The van der Waals surface area contributed by atoms with Crippen molar-refractivity contribution in [1.29, 1.82) is 0 Å². The average molecular weight is 215 g/mol. The van der Waals surface area contributed by atoms with Gasteiger partial charge in [-0.05, 0) is 38.6 Å². The standard InChI is InChI=1S/C12H25NO2/c1-13-12-6-3-5-11(12)7-10-15-9-4-8-14-2/h11-13H,3-10H2,1-2H3. The molecule has 2 atom stereocenters. The smallest absolute Gasteiger partial charge is 0.0487 e. The van der Waals surface area contributed by atoms with Gasteiger partial charge in [0.05, 0.1) is 0 Å². The zero-order valence-electron chi connectivity index (χ0n) is 10.1. The predicted molar refractivity (Wildman–Crippen MR) is 62.1 cm³/mol. The number of ether oxygens (including phenoxy) is 2. The lowest BCUT2D eigenvalue weighted by Gasteiger charge is -2.18. The maximum absolute atomic E-state index is 5.58. The molecule has 0 saturated heterocycles. The van der Waals surface area contributed by atoms with Crippen molar-refractivity contribution in [2.24, 2.45) is 5.92 Å². The van der Waals surface area contributed by atoms with Crippen LogP contribution in [0.5, 0.6) is 0 Å². The number of hydrogen-bond acceptors (Lipinski definition) is 3. The van der Waals surface area contributed by atoms with Crippen molar-refractivity contribution in [2.45, 2.75) is 38.1 Å². The fourth-order valence-corrected chi connectivity index (χ4v) is 2.40. The first-order chi connectivity index (χ1) is 7.38. The van der Waals surface area contributed by atoms with Crippen LogP contribution < -0.4 is 5.32 Å². The van der Waals surface area contributed by atoms with Crippen LogP contribution in [-0.4, -0.2) is 40.0 Å². The Kier molecular flexibility index (Phi) is 6.98. The number of rotatable bonds is 8. The van der Waals surface area contributed by atoms with Gasteiger partial charge in [0.2, 0.25) is 0 Å². The van der Waals surface area contributed by atoms with E-state index in [1.165, 1.54) is 25.7 Å². The fourth-order valence-electron chi connectivity index (χ4n) is 2.40. The second kappa shape index (κ2) is 8.08. The summed E-state index contributed by atoms with van der Waals surface area (Å²) in [5.74, 6) is 0.831. The Morgan fingerprint density at radius 1 is 1.20 bits per heavy atom. The third-order valence-electron chi connectivity index (χ3n) is 3.30. The van der Waals surface area contributed by atoms with Crippen molar-refractivity contribution in [3.63, 3.8) is 0 Å². The third-order valence-corrected chi connectivity index (χ3v) is 3.30. The van der Waals surface area contributed by atoms with Crippen molar-refractivity contribution in [2.75, 3.05) is 34.0 Å². The zero-order chi connectivity index (χ0) is 10.9. The SMILES string of the molecule is CNC1CCCC1CCOCCCOC. The lowest BCUT2D eigenvalue weighted by molar-refractivity contribution is 0.0920. The molecule has 1 rings (SSSR count). The maximum Gasteiger partial charge on any atom is 0.0487 e. The summed E-state index contributed by atoms with van der Waals surface area (Å²) < 4.78 is 10.5.